The number of rotatable bonds is 6. The smallest absolute Gasteiger partial charge is 0.326 e. The van der Waals surface area contributed by atoms with E-state index in [1.165, 1.54) is 0 Å². The maximum atomic E-state index is 12.6. The molecular formula is C21H22N2O4. The first-order valence-corrected chi connectivity index (χ1v) is 8.94. The molecule has 0 radical (unpaired) electrons. The number of amides is 2. The average Bonchev–Trinajstić information content (AvgIpc) is 3.10. The van der Waals surface area contributed by atoms with Crippen molar-refractivity contribution in [2.45, 2.75) is 25.9 Å². The molecule has 1 atom stereocenters. The molecule has 0 fully saturated rings. The monoisotopic (exact) mass is 366 g/mol. The number of hydrogen-bond acceptors (Lipinski definition) is 4. The SMILES string of the molecule is CC(OC(=O)CNC(=O)Cc1ccccc1)C(=O)N1CCc2ccccc21. The van der Waals surface area contributed by atoms with Gasteiger partial charge >= 0.3 is 5.97 Å². The summed E-state index contributed by atoms with van der Waals surface area (Å²) in [5.74, 6) is -1.17. The zero-order chi connectivity index (χ0) is 19.2. The largest absolute Gasteiger partial charge is 0.451 e. The highest BCUT2D eigenvalue weighted by Gasteiger charge is 2.29. The van der Waals surface area contributed by atoms with Crippen molar-refractivity contribution < 1.29 is 19.1 Å². The van der Waals surface area contributed by atoms with E-state index in [-0.39, 0.29) is 24.8 Å². The lowest BCUT2D eigenvalue weighted by molar-refractivity contribution is -0.153. The summed E-state index contributed by atoms with van der Waals surface area (Å²) in [6.07, 6.45) is 0.0698. The van der Waals surface area contributed by atoms with Gasteiger partial charge in [0.2, 0.25) is 5.91 Å². The summed E-state index contributed by atoms with van der Waals surface area (Å²) in [5, 5.41) is 2.52. The summed E-state index contributed by atoms with van der Waals surface area (Å²) in [4.78, 5) is 38.1. The first kappa shape index (κ1) is 18.6. The third-order valence-corrected chi connectivity index (χ3v) is 4.45. The molecule has 1 aliphatic heterocycles. The van der Waals surface area contributed by atoms with Gasteiger partial charge in [0.05, 0.1) is 6.42 Å². The highest BCUT2D eigenvalue weighted by atomic mass is 16.5. The summed E-state index contributed by atoms with van der Waals surface area (Å²) in [6, 6.07) is 16.9. The van der Waals surface area contributed by atoms with Gasteiger partial charge in [0.15, 0.2) is 6.10 Å². The molecule has 1 N–H and O–H groups in total. The number of benzene rings is 2. The van der Waals surface area contributed by atoms with Crippen LogP contribution in [0.1, 0.15) is 18.1 Å². The minimum Gasteiger partial charge on any atom is -0.451 e. The van der Waals surface area contributed by atoms with Crippen LogP contribution < -0.4 is 10.2 Å². The Kier molecular flexibility index (Phi) is 5.86. The van der Waals surface area contributed by atoms with Crippen LogP contribution in [0.2, 0.25) is 0 Å². The molecule has 3 rings (SSSR count). The molecule has 2 aromatic rings. The van der Waals surface area contributed by atoms with Crippen molar-refractivity contribution in [2.24, 2.45) is 0 Å². The van der Waals surface area contributed by atoms with E-state index < -0.39 is 12.1 Å². The summed E-state index contributed by atoms with van der Waals surface area (Å²) in [5.41, 5.74) is 2.83. The van der Waals surface area contributed by atoms with E-state index in [1.807, 2.05) is 54.6 Å². The molecule has 0 spiro atoms. The van der Waals surface area contributed by atoms with E-state index in [2.05, 4.69) is 5.32 Å². The number of anilines is 1. The first-order valence-electron chi connectivity index (χ1n) is 8.94. The highest BCUT2D eigenvalue weighted by molar-refractivity contribution is 5.99. The zero-order valence-electron chi connectivity index (χ0n) is 15.2. The lowest BCUT2D eigenvalue weighted by atomic mass is 10.1. The molecular weight excluding hydrogens is 344 g/mol. The maximum absolute atomic E-state index is 12.6. The van der Waals surface area contributed by atoms with Gasteiger partial charge in [-0.3, -0.25) is 14.4 Å². The molecule has 1 aliphatic rings. The number of nitrogens with one attached hydrogen (secondary N) is 1. The first-order chi connectivity index (χ1) is 13.0. The second-order valence-electron chi connectivity index (χ2n) is 6.44. The topological polar surface area (TPSA) is 75.7 Å². The van der Waals surface area contributed by atoms with Crippen LogP contribution in [-0.2, 0) is 32.0 Å². The average molecular weight is 366 g/mol. The second kappa shape index (κ2) is 8.49. The Morgan fingerprint density at radius 2 is 1.78 bits per heavy atom. The van der Waals surface area contributed by atoms with Crippen molar-refractivity contribution in [3.63, 3.8) is 0 Å². The predicted octanol–water partition coefficient (Wildman–Crippen LogP) is 1.87. The molecule has 0 aromatic heterocycles. The maximum Gasteiger partial charge on any atom is 0.326 e. The number of hydrogen-bond donors (Lipinski definition) is 1. The molecule has 0 saturated carbocycles. The predicted molar refractivity (Wildman–Crippen MR) is 101 cm³/mol. The molecule has 6 nitrogen and oxygen atoms in total. The molecule has 0 saturated heterocycles. The van der Waals surface area contributed by atoms with Gasteiger partial charge in [-0.05, 0) is 30.5 Å². The van der Waals surface area contributed by atoms with Gasteiger partial charge in [0.1, 0.15) is 6.54 Å². The number of carbonyl (C=O) groups is 3. The molecule has 6 heteroatoms. The fraction of sp³-hybridized carbons (Fsp3) is 0.286. The van der Waals surface area contributed by atoms with Gasteiger partial charge in [-0.1, -0.05) is 48.5 Å². The van der Waals surface area contributed by atoms with E-state index in [9.17, 15) is 14.4 Å². The summed E-state index contributed by atoms with van der Waals surface area (Å²) >= 11 is 0. The normalized spacial score (nSPS) is 13.6. The van der Waals surface area contributed by atoms with Crippen LogP contribution in [0.4, 0.5) is 5.69 Å². The summed E-state index contributed by atoms with van der Waals surface area (Å²) in [7, 11) is 0. The Hall–Kier alpha value is -3.15. The Morgan fingerprint density at radius 1 is 1.07 bits per heavy atom. The van der Waals surface area contributed by atoms with E-state index in [4.69, 9.17) is 4.74 Å². The van der Waals surface area contributed by atoms with Crippen molar-refractivity contribution in [1.82, 2.24) is 5.32 Å². The lowest BCUT2D eigenvalue weighted by Gasteiger charge is -2.21. The minimum absolute atomic E-state index is 0.188. The molecule has 1 unspecified atom stereocenters. The van der Waals surface area contributed by atoms with Crippen LogP contribution in [0, 0.1) is 0 Å². The van der Waals surface area contributed by atoms with Crippen molar-refractivity contribution in [3.05, 3.63) is 65.7 Å². The van der Waals surface area contributed by atoms with Crippen molar-refractivity contribution >= 4 is 23.5 Å². The minimum atomic E-state index is -0.908. The van der Waals surface area contributed by atoms with Crippen LogP contribution in [0.15, 0.2) is 54.6 Å². The van der Waals surface area contributed by atoms with E-state index in [1.54, 1.807) is 11.8 Å². The van der Waals surface area contributed by atoms with Gasteiger partial charge in [-0.25, -0.2) is 0 Å². The van der Waals surface area contributed by atoms with Crippen molar-refractivity contribution in [1.29, 1.82) is 0 Å². The standard InChI is InChI=1S/C21H22N2O4/c1-15(21(26)23-12-11-17-9-5-6-10-18(17)23)27-20(25)14-22-19(24)13-16-7-3-2-4-8-16/h2-10,15H,11-14H2,1H3,(H,22,24). The molecule has 2 aromatic carbocycles. The molecule has 0 bridgehead atoms. The number of para-hydroxylation sites is 1. The Bertz CT molecular complexity index is 835. The number of ether oxygens (including phenoxy) is 1. The van der Waals surface area contributed by atoms with Gasteiger partial charge in [0.25, 0.3) is 5.91 Å². The van der Waals surface area contributed by atoms with Crippen LogP contribution in [0.25, 0.3) is 0 Å². The summed E-state index contributed by atoms with van der Waals surface area (Å²) < 4.78 is 5.20. The third-order valence-electron chi connectivity index (χ3n) is 4.45. The van der Waals surface area contributed by atoms with Gasteiger partial charge in [-0.15, -0.1) is 0 Å². The Balaban J connectivity index is 1.46. The zero-order valence-corrected chi connectivity index (χ0v) is 15.2. The van der Waals surface area contributed by atoms with E-state index in [0.717, 1.165) is 23.2 Å². The molecule has 0 aliphatic carbocycles. The van der Waals surface area contributed by atoms with Crippen LogP contribution in [0.3, 0.4) is 0 Å². The van der Waals surface area contributed by atoms with Crippen LogP contribution in [0.5, 0.6) is 0 Å². The number of esters is 1. The number of carbonyl (C=O) groups excluding carboxylic acids is 3. The van der Waals surface area contributed by atoms with Crippen molar-refractivity contribution in [2.75, 3.05) is 18.0 Å². The van der Waals surface area contributed by atoms with Gasteiger partial charge < -0.3 is 15.0 Å². The molecule has 1 heterocycles. The lowest BCUT2D eigenvalue weighted by Crippen LogP contribution is -2.41. The quantitative estimate of drug-likeness (QED) is 0.792. The van der Waals surface area contributed by atoms with E-state index >= 15 is 0 Å². The fourth-order valence-corrected chi connectivity index (χ4v) is 3.09. The molecule has 140 valence electrons. The molecule has 2 amide bonds. The third kappa shape index (κ3) is 4.73. The second-order valence-corrected chi connectivity index (χ2v) is 6.44. The number of fused-ring (bicyclic) bond motifs is 1. The summed E-state index contributed by atoms with van der Waals surface area (Å²) in [6.45, 7) is 1.86. The Morgan fingerprint density at radius 3 is 2.56 bits per heavy atom. The van der Waals surface area contributed by atoms with Crippen LogP contribution in [-0.4, -0.2) is 37.0 Å². The Labute approximate surface area is 158 Å². The van der Waals surface area contributed by atoms with E-state index in [0.29, 0.717) is 6.54 Å². The van der Waals surface area contributed by atoms with Gasteiger partial charge in [0, 0.05) is 12.2 Å². The van der Waals surface area contributed by atoms with Gasteiger partial charge in [-0.2, -0.15) is 0 Å². The molecule has 27 heavy (non-hydrogen) atoms. The van der Waals surface area contributed by atoms with Crippen molar-refractivity contribution in [3.8, 4) is 0 Å². The fourth-order valence-electron chi connectivity index (χ4n) is 3.09. The highest BCUT2D eigenvalue weighted by Crippen LogP contribution is 2.28. The van der Waals surface area contributed by atoms with Crippen LogP contribution >= 0.6 is 0 Å². The number of nitrogens with zero attached hydrogens (tertiary/aromatic N) is 1.